The molecule has 4 heteroatoms. The maximum Gasteiger partial charge on any atom is 0.0887 e. The maximum atomic E-state index is 6.00. The average Bonchev–Trinajstić information content (AvgIpc) is 2.61. The molecule has 2 aromatic carbocycles. The minimum absolute atomic E-state index is 0.611. The Morgan fingerprint density at radius 1 is 1.05 bits per heavy atom. The third-order valence-electron chi connectivity index (χ3n) is 2.90. The van der Waals surface area contributed by atoms with Crippen molar-refractivity contribution in [3.8, 4) is 0 Å². The van der Waals surface area contributed by atoms with E-state index >= 15 is 0 Å². The Balaban J connectivity index is 2.07. The second-order valence-electron chi connectivity index (χ2n) is 4.25. The van der Waals surface area contributed by atoms with Crippen molar-refractivity contribution in [3.63, 3.8) is 0 Å². The zero-order valence-electron chi connectivity index (χ0n) is 9.98. The predicted molar refractivity (Wildman–Crippen MR) is 84.0 cm³/mol. The molecule has 1 aliphatic rings. The Morgan fingerprint density at radius 2 is 1.84 bits per heavy atom. The average molecular weight is 334 g/mol. The molecule has 2 aromatic rings. The van der Waals surface area contributed by atoms with Gasteiger partial charge >= 0.3 is 0 Å². The molecule has 0 aliphatic carbocycles. The number of aliphatic imine (C=N–C) groups is 2. The molecule has 0 saturated heterocycles. The molecular formula is C15H10BrClN2. The summed E-state index contributed by atoms with van der Waals surface area (Å²) in [5, 5.41) is 0.719. The fourth-order valence-electron chi connectivity index (χ4n) is 1.94. The highest BCUT2D eigenvalue weighted by molar-refractivity contribution is 9.10. The molecule has 94 valence electrons. The van der Waals surface area contributed by atoms with Crippen LogP contribution in [0, 0.1) is 0 Å². The van der Waals surface area contributed by atoms with E-state index in [9.17, 15) is 0 Å². The smallest absolute Gasteiger partial charge is 0.0887 e. The topological polar surface area (TPSA) is 24.7 Å². The first kappa shape index (κ1) is 12.6. The highest BCUT2D eigenvalue weighted by Crippen LogP contribution is 2.26. The van der Waals surface area contributed by atoms with Gasteiger partial charge in [-0.05, 0) is 30.3 Å². The van der Waals surface area contributed by atoms with Crippen LogP contribution in [0.15, 0.2) is 56.9 Å². The summed E-state index contributed by atoms with van der Waals surface area (Å²) in [7, 11) is 0. The number of fused-ring (bicyclic) bond motifs is 1. The van der Waals surface area contributed by atoms with E-state index in [-0.39, 0.29) is 0 Å². The molecule has 1 heterocycles. The summed E-state index contributed by atoms with van der Waals surface area (Å²) in [4.78, 5) is 9.08. The minimum Gasteiger partial charge on any atom is -0.286 e. The van der Waals surface area contributed by atoms with Crippen molar-refractivity contribution >= 4 is 45.1 Å². The van der Waals surface area contributed by atoms with Crippen LogP contribution in [-0.4, -0.2) is 11.9 Å². The third-order valence-corrected chi connectivity index (χ3v) is 3.66. The summed E-state index contributed by atoms with van der Waals surface area (Å²) in [6.45, 7) is 0.611. The summed E-state index contributed by atoms with van der Waals surface area (Å²) < 4.78 is 1.05. The maximum absolute atomic E-state index is 6.00. The molecule has 0 saturated carbocycles. The van der Waals surface area contributed by atoms with Crippen molar-refractivity contribution in [1.82, 2.24) is 0 Å². The molecule has 0 fully saturated rings. The number of hydrogen-bond donors (Lipinski definition) is 0. The van der Waals surface area contributed by atoms with Crippen molar-refractivity contribution in [2.75, 3.05) is 0 Å². The van der Waals surface area contributed by atoms with Gasteiger partial charge in [-0.1, -0.05) is 39.7 Å². The summed E-state index contributed by atoms with van der Waals surface area (Å²) in [6, 6.07) is 13.8. The second kappa shape index (κ2) is 5.27. The van der Waals surface area contributed by atoms with Gasteiger partial charge in [-0.25, -0.2) is 4.99 Å². The monoisotopic (exact) mass is 332 g/mol. The first-order valence-corrected chi connectivity index (χ1v) is 7.02. The molecule has 0 atom stereocenters. The minimum atomic E-state index is 0.611. The fraction of sp³-hybridized carbons (Fsp3) is 0.0667. The number of hydrogen-bond acceptors (Lipinski definition) is 2. The molecular weight excluding hydrogens is 324 g/mol. The lowest BCUT2D eigenvalue weighted by Gasteiger charge is -2.03. The molecule has 0 aromatic heterocycles. The highest BCUT2D eigenvalue weighted by atomic mass is 79.9. The molecule has 1 aliphatic heterocycles. The van der Waals surface area contributed by atoms with E-state index in [1.165, 1.54) is 0 Å². The molecule has 2 nitrogen and oxygen atoms in total. The first-order valence-electron chi connectivity index (χ1n) is 5.85. The van der Waals surface area contributed by atoms with E-state index in [2.05, 4.69) is 25.9 Å². The Morgan fingerprint density at radius 3 is 2.63 bits per heavy atom. The van der Waals surface area contributed by atoms with E-state index in [0.717, 1.165) is 32.0 Å². The fourth-order valence-corrected chi connectivity index (χ4v) is 2.40. The lowest BCUT2D eigenvalue weighted by atomic mass is 10.1. The van der Waals surface area contributed by atoms with Crippen molar-refractivity contribution in [2.24, 2.45) is 9.98 Å². The normalized spacial score (nSPS) is 13.7. The van der Waals surface area contributed by atoms with Gasteiger partial charge < -0.3 is 0 Å². The summed E-state index contributed by atoms with van der Waals surface area (Å²) in [6.07, 6.45) is 1.82. The summed E-state index contributed by atoms with van der Waals surface area (Å²) in [5.74, 6) is 0. The zero-order valence-corrected chi connectivity index (χ0v) is 12.3. The van der Waals surface area contributed by atoms with Crippen molar-refractivity contribution in [3.05, 3.63) is 63.1 Å². The van der Waals surface area contributed by atoms with Gasteiger partial charge in [0.2, 0.25) is 0 Å². The van der Waals surface area contributed by atoms with Gasteiger partial charge in [0.15, 0.2) is 0 Å². The first-order chi connectivity index (χ1) is 9.22. The zero-order chi connectivity index (χ0) is 13.2. The molecule has 0 radical (unpaired) electrons. The lowest BCUT2D eigenvalue weighted by Crippen LogP contribution is -2.00. The van der Waals surface area contributed by atoms with E-state index in [1.54, 1.807) is 0 Å². The van der Waals surface area contributed by atoms with E-state index in [4.69, 9.17) is 11.6 Å². The van der Waals surface area contributed by atoms with Crippen molar-refractivity contribution in [1.29, 1.82) is 0 Å². The number of halogens is 2. The number of rotatable bonds is 1. The molecule has 0 bridgehead atoms. The van der Waals surface area contributed by atoms with Crippen LogP contribution in [0.1, 0.15) is 11.1 Å². The van der Waals surface area contributed by atoms with Crippen LogP contribution in [0.5, 0.6) is 0 Å². The van der Waals surface area contributed by atoms with E-state index < -0.39 is 0 Å². The van der Waals surface area contributed by atoms with Gasteiger partial charge in [0.25, 0.3) is 0 Å². The van der Waals surface area contributed by atoms with Gasteiger partial charge in [-0.3, -0.25) is 4.99 Å². The quantitative estimate of drug-likeness (QED) is 0.715. The second-order valence-corrected chi connectivity index (χ2v) is 5.60. The molecule has 3 rings (SSSR count). The van der Waals surface area contributed by atoms with Crippen LogP contribution >= 0.6 is 27.5 Å². The summed E-state index contributed by atoms with van der Waals surface area (Å²) >= 11 is 9.43. The SMILES string of the molecule is Clc1ccc2c(c1)CN=CC(c1ccc(Br)cc1)=N2. The van der Waals surface area contributed by atoms with Crippen molar-refractivity contribution in [2.45, 2.75) is 6.54 Å². The van der Waals surface area contributed by atoms with Gasteiger partial charge in [0, 0.05) is 26.8 Å². The van der Waals surface area contributed by atoms with Crippen LogP contribution in [0.3, 0.4) is 0 Å². The van der Waals surface area contributed by atoms with Gasteiger partial charge in [0.1, 0.15) is 0 Å². The molecule has 0 amide bonds. The van der Waals surface area contributed by atoms with Crippen LogP contribution in [0.25, 0.3) is 0 Å². The third kappa shape index (κ3) is 2.77. The molecule has 19 heavy (non-hydrogen) atoms. The van der Waals surface area contributed by atoms with E-state index in [0.29, 0.717) is 6.54 Å². The van der Waals surface area contributed by atoms with Gasteiger partial charge in [0.05, 0.1) is 17.9 Å². The summed E-state index contributed by atoms with van der Waals surface area (Å²) in [5.41, 5.74) is 3.90. The van der Waals surface area contributed by atoms with Gasteiger partial charge in [-0.2, -0.15) is 0 Å². The Hall–Kier alpha value is -1.45. The highest BCUT2D eigenvalue weighted by Gasteiger charge is 2.09. The Labute approximate surface area is 125 Å². The van der Waals surface area contributed by atoms with Gasteiger partial charge in [-0.15, -0.1) is 0 Å². The molecule has 0 spiro atoms. The van der Waals surface area contributed by atoms with Crippen molar-refractivity contribution < 1.29 is 0 Å². The number of benzene rings is 2. The van der Waals surface area contributed by atoms with E-state index in [1.807, 2.05) is 48.7 Å². The van der Waals surface area contributed by atoms with Crippen LogP contribution < -0.4 is 0 Å². The van der Waals surface area contributed by atoms with Crippen LogP contribution in [0.4, 0.5) is 5.69 Å². The number of nitrogens with zero attached hydrogens (tertiary/aromatic N) is 2. The Bertz CT molecular complexity index is 675. The Kier molecular flexibility index (Phi) is 3.49. The standard InChI is InChI=1S/C15H10BrClN2/c16-12-3-1-10(2-4-12)15-9-18-8-11-7-13(17)5-6-14(11)19-15/h1-7,9H,8H2. The predicted octanol–water partition coefficient (Wildman–Crippen LogP) is 4.81. The molecule has 0 N–H and O–H groups in total. The lowest BCUT2D eigenvalue weighted by molar-refractivity contribution is 1.08. The molecule has 0 unspecified atom stereocenters. The largest absolute Gasteiger partial charge is 0.286 e. The van der Waals surface area contributed by atoms with Crippen LogP contribution in [0.2, 0.25) is 5.02 Å². The van der Waals surface area contributed by atoms with Crippen LogP contribution in [-0.2, 0) is 6.54 Å².